The number of β-amino-alcohol motifs (C(OH)–C–C–N with tert-alkyl or cyclic N) is 1. The Balaban J connectivity index is 2.28. The van der Waals surface area contributed by atoms with Gasteiger partial charge in [0.05, 0.1) is 6.10 Å². The Hall–Kier alpha value is -0.0800. The van der Waals surface area contributed by atoms with Crippen molar-refractivity contribution in [1.82, 2.24) is 5.32 Å². The Bertz CT molecular complexity index is 127. The highest BCUT2D eigenvalue weighted by Gasteiger charge is 2.24. The highest BCUT2D eigenvalue weighted by atomic mass is 16.3. The van der Waals surface area contributed by atoms with Gasteiger partial charge in [-0.15, -0.1) is 0 Å². The minimum atomic E-state index is -0.108. The molecule has 72 valence electrons. The molecule has 1 saturated heterocycles. The van der Waals surface area contributed by atoms with Crippen molar-refractivity contribution in [2.75, 3.05) is 6.54 Å². The van der Waals surface area contributed by atoms with Gasteiger partial charge in [0.15, 0.2) is 0 Å². The molecule has 0 radical (unpaired) electrons. The van der Waals surface area contributed by atoms with Gasteiger partial charge in [-0.2, -0.15) is 0 Å². The van der Waals surface area contributed by atoms with E-state index in [9.17, 15) is 5.11 Å². The second-order valence-corrected chi connectivity index (χ2v) is 3.99. The van der Waals surface area contributed by atoms with Crippen LogP contribution in [0.15, 0.2) is 0 Å². The van der Waals surface area contributed by atoms with Crippen LogP contribution in [0.25, 0.3) is 0 Å². The van der Waals surface area contributed by atoms with Crippen molar-refractivity contribution in [2.24, 2.45) is 5.92 Å². The standard InChI is InChI=1S/C10H21NO/c1-3-4-5-9-6-10(12)7-11-8(9)2/h8-12H,3-7H2,1-2H3. The summed E-state index contributed by atoms with van der Waals surface area (Å²) in [7, 11) is 0. The summed E-state index contributed by atoms with van der Waals surface area (Å²) in [5.74, 6) is 0.689. The van der Waals surface area contributed by atoms with Crippen molar-refractivity contribution in [1.29, 1.82) is 0 Å². The quantitative estimate of drug-likeness (QED) is 0.675. The highest BCUT2D eigenvalue weighted by molar-refractivity contribution is 4.81. The van der Waals surface area contributed by atoms with Crippen LogP contribution in [0.2, 0.25) is 0 Å². The smallest absolute Gasteiger partial charge is 0.0667 e. The minimum Gasteiger partial charge on any atom is -0.392 e. The molecule has 2 nitrogen and oxygen atoms in total. The van der Waals surface area contributed by atoms with E-state index >= 15 is 0 Å². The van der Waals surface area contributed by atoms with Crippen LogP contribution >= 0.6 is 0 Å². The summed E-state index contributed by atoms with van der Waals surface area (Å²) in [4.78, 5) is 0. The summed E-state index contributed by atoms with van der Waals surface area (Å²) in [5, 5.41) is 12.8. The predicted molar refractivity (Wildman–Crippen MR) is 51.1 cm³/mol. The van der Waals surface area contributed by atoms with Crippen LogP contribution in [0.4, 0.5) is 0 Å². The van der Waals surface area contributed by atoms with Crippen molar-refractivity contribution in [3.63, 3.8) is 0 Å². The molecule has 0 spiro atoms. The number of piperidine rings is 1. The molecule has 2 N–H and O–H groups in total. The molecule has 0 aliphatic carbocycles. The second-order valence-electron chi connectivity index (χ2n) is 3.99. The van der Waals surface area contributed by atoms with E-state index in [0.717, 1.165) is 13.0 Å². The molecule has 0 aromatic rings. The van der Waals surface area contributed by atoms with E-state index in [1.165, 1.54) is 19.3 Å². The number of hydrogen-bond acceptors (Lipinski definition) is 2. The fourth-order valence-corrected chi connectivity index (χ4v) is 1.96. The first-order valence-electron chi connectivity index (χ1n) is 5.15. The zero-order valence-electron chi connectivity index (χ0n) is 8.21. The minimum absolute atomic E-state index is 0.108. The first-order valence-corrected chi connectivity index (χ1v) is 5.15. The van der Waals surface area contributed by atoms with Gasteiger partial charge in [-0.3, -0.25) is 0 Å². The molecule has 12 heavy (non-hydrogen) atoms. The maximum atomic E-state index is 9.43. The molecule has 1 heterocycles. The number of unbranched alkanes of at least 4 members (excludes halogenated alkanes) is 1. The van der Waals surface area contributed by atoms with Crippen LogP contribution in [-0.2, 0) is 0 Å². The van der Waals surface area contributed by atoms with E-state index in [-0.39, 0.29) is 6.10 Å². The van der Waals surface area contributed by atoms with Gasteiger partial charge in [0.2, 0.25) is 0 Å². The van der Waals surface area contributed by atoms with Crippen molar-refractivity contribution in [2.45, 2.75) is 51.7 Å². The molecule has 3 unspecified atom stereocenters. The maximum Gasteiger partial charge on any atom is 0.0667 e. The number of aliphatic hydroxyl groups is 1. The lowest BCUT2D eigenvalue weighted by Crippen LogP contribution is -2.45. The van der Waals surface area contributed by atoms with Gasteiger partial charge in [0.1, 0.15) is 0 Å². The van der Waals surface area contributed by atoms with Gasteiger partial charge in [-0.05, 0) is 25.7 Å². The lowest BCUT2D eigenvalue weighted by atomic mass is 9.86. The molecule has 0 bridgehead atoms. The topological polar surface area (TPSA) is 32.3 Å². The molecular weight excluding hydrogens is 150 g/mol. The third kappa shape index (κ3) is 2.76. The number of aliphatic hydroxyl groups excluding tert-OH is 1. The van der Waals surface area contributed by atoms with Crippen LogP contribution < -0.4 is 5.32 Å². The molecule has 1 aliphatic heterocycles. The molecule has 0 aromatic carbocycles. The molecule has 2 heteroatoms. The van der Waals surface area contributed by atoms with E-state index in [0.29, 0.717) is 12.0 Å². The van der Waals surface area contributed by atoms with Crippen molar-refractivity contribution < 1.29 is 5.11 Å². The molecule has 1 rings (SSSR count). The summed E-state index contributed by atoms with van der Waals surface area (Å²) in [6, 6.07) is 0.597. The molecule has 0 aromatic heterocycles. The Morgan fingerprint density at radius 3 is 2.92 bits per heavy atom. The molecule has 0 saturated carbocycles. The van der Waals surface area contributed by atoms with Crippen LogP contribution in [0.5, 0.6) is 0 Å². The zero-order valence-corrected chi connectivity index (χ0v) is 8.21. The van der Waals surface area contributed by atoms with Gasteiger partial charge in [-0.25, -0.2) is 0 Å². The predicted octanol–water partition coefficient (Wildman–Crippen LogP) is 1.54. The van der Waals surface area contributed by atoms with Gasteiger partial charge < -0.3 is 10.4 Å². The molecule has 1 fully saturated rings. The van der Waals surface area contributed by atoms with Crippen LogP contribution in [0.1, 0.15) is 39.5 Å². The van der Waals surface area contributed by atoms with Crippen LogP contribution in [-0.4, -0.2) is 23.8 Å². The van der Waals surface area contributed by atoms with Crippen molar-refractivity contribution in [3.05, 3.63) is 0 Å². The summed E-state index contributed by atoms with van der Waals surface area (Å²) < 4.78 is 0. The summed E-state index contributed by atoms with van der Waals surface area (Å²) in [6.07, 6.45) is 4.71. The Morgan fingerprint density at radius 2 is 2.25 bits per heavy atom. The Kier molecular flexibility index (Phi) is 4.02. The maximum absolute atomic E-state index is 9.43. The second kappa shape index (κ2) is 4.83. The van der Waals surface area contributed by atoms with E-state index < -0.39 is 0 Å². The van der Waals surface area contributed by atoms with Gasteiger partial charge >= 0.3 is 0 Å². The van der Waals surface area contributed by atoms with Gasteiger partial charge in [0, 0.05) is 12.6 Å². The summed E-state index contributed by atoms with van der Waals surface area (Å²) in [6.45, 7) is 5.23. The third-order valence-corrected chi connectivity index (χ3v) is 2.89. The average Bonchev–Trinajstić information content (AvgIpc) is 2.07. The monoisotopic (exact) mass is 171 g/mol. The molecule has 0 amide bonds. The van der Waals surface area contributed by atoms with Gasteiger partial charge in [0.25, 0.3) is 0 Å². The number of nitrogens with one attached hydrogen (secondary N) is 1. The normalized spacial score (nSPS) is 36.8. The lowest BCUT2D eigenvalue weighted by molar-refractivity contribution is 0.0901. The molecule has 3 atom stereocenters. The Labute approximate surface area is 75.4 Å². The van der Waals surface area contributed by atoms with Crippen molar-refractivity contribution in [3.8, 4) is 0 Å². The van der Waals surface area contributed by atoms with E-state index in [2.05, 4.69) is 19.2 Å². The Morgan fingerprint density at radius 1 is 1.50 bits per heavy atom. The zero-order chi connectivity index (χ0) is 8.97. The largest absolute Gasteiger partial charge is 0.392 e. The van der Waals surface area contributed by atoms with E-state index in [4.69, 9.17) is 0 Å². The lowest BCUT2D eigenvalue weighted by Gasteiger charge is -2.33. The van der Waals surface area contributed by atoms with Gasteiger partial charge in [-0.1, -0.05) is 19.8 Å². The first kappa shape index (κ1) is 10.0. The first-order chi connectivity index (χ1) is 5.74. The number of rotatable bonds is 3. The average molecular weight is 171 g/mol. The number of hydrogen-bond donors (Lipinski definition) is 2. The fraction of sp³-hybridized carbons (Fsp3) is 1.00. The highest BCUT2D eigenvalue weighted by Crippen LogP contribution is 2.22. The SMILES string of the molecule is CCCCC1CC(O)CNC1C. The summed E-state index contributed by atoms with van der Waals surface area (Å²) in [5.41, 5.74) is 0. The fourth-order valence-electron chi connectivity index (χ4n) is 1.96. The molecular formula is C10H21NO. The van der Waals surface area contributed by atoms with Crippen LogP contribution in [0, 0.1) is 5.92 Å². The van der Waals surface area contributed by atoms with E-state index in [1.54, 1.807) is 0 Å². The van der Waals surface area contributed by atoms with Crippen LogP contribution in [0.3, 0.4) is 0 Å². The van der Waals surface area contributed by atoms with Crippen molar-refractivity contribution >= 4 is 0 Å². The van der Waals surface area contributed by atoms with E-state index in [1.807, 2.05) is 0 Å². The molecule has 1 aliphatic rings. The third-order valence-electron chi connectivity index (χ3n) is 2.89. The summed E-state index contributed by atoms with van der Waals surface area (Å²) >= 11 is 0.